The minimum atomic E-state index is -1.63. The van der Waals surface area contributed by atoms with E-state index in [0.717, 1.165) is 0 Å². The van der Waals surface area contributed by atoms with Gasteiger partial charge in [0.1, 0.15) is 5.41 Å². The van der Waals surface area contributed by atoms with E-state index in [1.807, 2.05) is 0 Å². The summed E-state index contributed by atoms with van der Waals surface area (Å²) in [6.07, 6.45) is 0.413. The van der Waals surface area contributed by atoms with Gasteiger partial charge in [-0.25, -0.2) is 0 Å². The molecule has 5 heteroatoms. The Labute approximate surface area is 102 Å². The van der Waals surface area contributed by atoms with E-state index in [9.17, 15) is 4.79 Å². The van der Waals surface area contributed by atoms with Gasteiger partial charge in [-0.15, -0.1) is 0 Å². The van der Waals surface area contributed by atoms with Crippen LogP contribution in [0.2, 0.25) is 0 Å². The standard InChI is InChI=1S/C7H11Cl3O2.2CH4/c1-4-6(2,5(11)12-3)7(8,9)10;;/h4H2,1-3H3;2*1H4. The summed E-state index contributed by atoms with van der Waals surface area (Å²) in [7, 11) is 1.27. The molecule has 0 saturated heterocycles. The largest absolute Gasteiger partial charge is 0.468 e. The quantitative estimate of drug-likeness (QED) is 0.552. The second-order valence-corrected chi connectivity index (χ2v) is 4.96. The van der Waals surface area contributed by atoms with Gasteiger partial charge in [0.05, 0.1) is 7.11 Å². The summed E-state index contributed by atoms with van der Waals surface area (Å²) in [5.74, 6) is -0.509. The first-order valence-electron chi connectivity index (χ1n) is 3.44. The van der Waals surface area contributed by atoms with Crippen LogP contribution in [-0.4, -0.2) is 16.9 Å². The highest BCUT2D eigenvalue weighted by molar-refractivity contribution is 6.68. The fraction of sp³-hybridized carbons (Fsp3) is 0.889. The van der Waals surface area contributed by atoms with Gasteiger partial charge in [0, 0.05) is 0 Å². The lowest BCUT2D eigenvalue weighted by Crippen LogP contribution is -2.40. The molecule has 0 N–H and O–H groups in total. The molecule has 0 aliphatic rings. The molecule has 1 atom stereocenters. The molecule has 0 aromatic carbocycles. The number of methoxy groups -OCH3 is 1. The average molecular weight is 266 g/mol. The van der Waals surface area contributed by atoms with E-state index >= 15 is 0 Å². The van der Waals surface area contributed by atoms with Gasteiger partial charge in [0.15, 0.2) is 0 Å². The van der Waals surface area contributed by atoms with E-state index in [1.54, 1.807) is 13.8 Å². The second kappa shape index (κ2) is 6.76. The third-order valence-electron chi connectivity index (χ3n) is 1.97. The highest BCUT2D eigenvalue weighted by atomic mass is 35.6. The monoisotopic (exact) mass is 264 g/mol. The SMILES string of the molecule is C.C.CCC(C)(C(=O)OC)C(Cl)(Cl)Cl. The van der Waals surface area contributed by atoms with Crippen LogP contribution in [0.25, 0.3) is 0 Å². The minimum absolute atomic E-state index is 0. The fourth-order valence-electron chi connectivity index (χ4n) is 0.686. The van der Waals surface area contributed by atoms with Crippen LogP contribution in [0.1, 0.15) is 35.1 Å². The number of ether oxygens (including phenoxy) is 1. The molecular formula is C9H19Cl3O2. The lowest BCUT2D eigenvalue weighted by molar-refractivity contribution is -0.151. The van der Waals surface area contributed by atoms with Crippen molar-refractivity contribution in [3.63, 3.8) is 0 Å². The topological polar surface area (TPSA) is 26.3 Å². The van der Waals surface area contributed by atoms with Crippen molar-refractivity contribution in [3.05, 3.63) is 0 Å². The van der Waals surface area contributed by atoms with Gasteiger partial charge in [-0.05, 0) is 13.3 Å². The molecule has 2 nitrogen and oxygen atoms in total. The van der Waals surface area contributed by atoms with Gasteiger partial charge < -0.3 is 4.74 Å². The number of halogens is 3. The lowest BCUT2D eigenvalue weighted by Gasteiger charge is -2.31. The second-order valence-electron chi connectivity index (χ2n) is 2.68. The van der Waals surface area contributed by atoms with Crippen molar-refractivity contribution in [2.24, 2.45) is 5.41 Å². The molecule has 0 saturated carbocycles. The third kappa shape index (κ3) is 3.84. The smallest absolute Gasteiger partial charge is 0.315 e. The zero-order chi connectivity index (χ0) is 9.99. The number of carbonyl (C=O) groups excluding carboxylic acids is 1. The van der Waals surface area contributed by atoms with Gasteiger partial charge in [0.2, 0.25) is 3.79 Å². The number of alkyl halides is 3. The number of carbonyl (C=O) groups is 1. The van der Waals surface area contributed by atoms with E-state index in [2.05, 4.69) is 4.74 Å². The molecule has 1 unspecified atom stereocenters. The highest BCUT2D eigenvalue weighted by Gasteiger charge is 2.50. The van der Waals surface area contributed by atoms with E-state index < -0.39 is 15.2 Å². The number of esters is 1. The van der Waals surface area contributed by atoms with E-state index in [1.165, 1.54) is 7.11 Å². The van der Waals surface area contributed by atoms with Crippen LogP contribution in [0, 0.1) is 5.41 Å². The normalized spacial score (nSPS) is 14.4. The van der Waals surface area contributed by atoms with Gasteiger partial charge in [0.25, 0.3) is 0 Å². The molecule has 0 rings (SSSR count). The van der Waals surface area contributed by atoms with Gasteiger partial charge in [-0.3, -0.25) is 4.79 Å². The first-order valence-corrected chi connectivity index (χ1v) is 4.58. The zero-order valence-corrected chi connectivity index (χ0v) is 9.43. The first kappa shape index (κ1) is 19.8. The fourth-order valence-corrected chi connectivity index (χ4v) is 1.32. The molecule has 0 heterocycles. The predicted molar refractivity (Wildman–Crippen MR) is 64.2 cm³/mol. The minimum Gasteiger partial charge on any atom is -0.468 e. The summed E-state index contributed by atoms with van der Waals surface area (Å²) in [5, 5.41) is 0. The van der Waals surface area contributed by atoms with Crippen LogP contribution in [-0.2, 0) is 9.53 Å². The maximum Gasteiger partial charge on any atom is 0.315 e. The lowest BCUT2D eigenvalue weighted by atomic mass is 9.89. The Balaban J connectivity index is -0.000000605. The summed E-state index contributed by atoms with van der Waals surface area (Å²) in [5.41, 5.74) is -1.08. The molecule has 0 aliphatic heterocycles. The van der Waals surface area contributed by atoms with E-state index in [-0.39, 0.29) is 14.9 Å². The third-order valence-corrected chi connectivity index (χ3v) is 3.22. The van der Waals surface area contributed by atoms with Crippen molar-refractivity contribution < 1.29 is 9.53 Å². The van der Waals surface area contributed by atoms with Crippen molar-refractivity contribution in [3.8, 4) is 0 Å². The first-order chi connectivity index (χ1) is 5.29. The summed E-state index contributed by atoms with van der Waals surface area (Å²) >= 11 is 16.9. The molecular weight excluding hydrogens is 246 g/mol. The Morgan fingerprint density at radius 1 is 1.29 bits per heavy atom. The molecule has 0 fully saturated rings. The van der Waals surface area contributed by atoms with Crippen molar-refractivity contribution >= 4 is 40.8 Å². The summed E-state index contributed by atoms with van der Waals surface area (Å²) in [6.45, 7) is 3.32. The molecule has 14 heavy (non-hydrogen) atoms. The Morgan fingerprint density at radius 3 is 1.71 bits per heavy atom. The molecule has 0 aromatic rings. The van der Waals surface area contributed by atoms with Crippen molar-refractivity contribution in [1.82, 2.24) is 0 Å². The van der Waals surface area contributed by atoms with E-state index in [0.29, 0.717) is 6.42 Å². The Hall–Kier alpha value is 0.340. The zero-order valence-electron chi connectivity index (χ0n) is 7.16. The molecule has 0 amide bonds. The summed E-state index contributed by atoms with van der Waals surface area (Å²) < 4.78 is 2.91. The summed E-state index contributed by atoms with van der Waals surface area (Å²) in [6, 6.07) is 0. The van der Waals surface area contributed by atoms with Gasteiger partial charge >= 0.3 is 5.97 Å². The molecule has 0 spiro atoms. The molecule has 0 radical (unpaired) electrons. The number of hydrogen-bond donors (Lipinski definition) is 0. The van der Waals surface area contributed by atoms with Crippen molar-refractivity contribution in [2.45, 2.75) is 38.9 Å². The maximum atomic E-state index is 11.2. The van der Waals surface area contributed by atoms with Gasteiger partial charge in [-0.2, -0.15) is 0 Å². The highest BCUT2D eigenvalue weighted by Crippen LogP contribution is 2.47. The maximum absolute atomic E-state index is 11.2. The van der Waals surface area contributed by atoms with Crippen LogP contribution >= 0.6 is 34.8 Å². The molecule has 88 valence electrons. The van der Waals surface area contributed by atoms with Crippen LogP contribution in [0.3, 0.4) is 0 Å². The van der Waals surface area contributed by atoms with Gasteiger partial charge in [-0.1, -0.05) is 56.6 Å². The van der Waals surface area contributed by atoms with E-state index in [4.69, 9.17) is 34.8 Å². The Morgan fingerprint density at radius 2 is 1.64 bits per heavy atom. The van der Waals surface area contributed by atoms with Crippen molar-refractivity contribution in [1.29, 1.82) is 0 Å². The average Bonchev–Trinajstić information content (AvgIpc) is 1.99. The van der Waals surface area contributed by atoms with Crippen molar-refractivity contribution in [2.75, 3.05) is 7.11 Å². The Bertz CT molecular complexity index is 177. The molecule has 0 aliphatic carbocycles. The van der Waals surface area contributed by atoms with Crippen LogP contribution in [0.15, 0.2) is 0 Å². The Kier molecular flexibility index (Phi) is 9.58. The van der Waals surface area contributed by atoms with Crippen LogP contribution in [0.4, 0.5) is 0 Å². The van der Waals surface area contributed by atoms with Crippen LogP contribution in [0.5, 0.6) is 0 Å². The molecule has 0 bridgehead atoms. The predicted octanol–water partition coefficient (Wildman–Crippen LogP) is 4.22. The number of hydrogen-bond acceptors (Lipinski definition) is 2. The summed E-state index contributed by atoms with van der Waals surface area (Å²) in [4.78, 5) is 11.2. The van der Waals surface area contributed by atoms with Crippen LogP contribution < -0.4 is 0 Å². The number of rotatable bonds is 2. The molecule has 0 aromatic heterocycles.